The normalized spacial score (nSPS) is 29.3. The Kier molecular flexibility index (Phi) is 4.09. The quantitative estimate of drug-likeness (QED) is 0.787. The summed E-state index contributed by atoms with van der Waals surface area (Å²) in [4.78, 5) is 33.4. The lowest BCUT2D eigenvalue weighted by atomic mass is 9.84. The van der Waals surface area contributed by atoms with Crippen LogP contribution in [0.5, 0.6) is 0 Å². The first-order chi connectivity index (χ1) is 14.2. The second-order valence-corrected chi connectivity index (χ2v) is 8.80. The monoisotopic (exact) mass is 407 g/mol. The number of ether oxygens (including phenoxy) is 1. The lowest BCUT2D eigenvalue weighted by molar-refractivity contribution is -0.146. The summed E-state index contributed by atoms with van der Waals surface area (Å²) in [6, 6.07) is 14.3. The minimum Gasteiger partial charge on any atom is -0.364 e. The SMILES string of the molecule is CN1C(=O)C2(N)CCN(OC(=O)c3ccccc3)[C@H]([C@H]3OC3(C)C)c3cccc1c32. The lowest BCUT2D eigenvalue weighted by Crippen LogP contribution is -2.47. The molecular weight excluding hydrogens is 382 g/mol. The van der Waals surface area contributed by atoms with Crippen molar-refractivity contribution in [1.82, 2.24) is 5.06 Å². The van der Waals surface area contributed by atoms with Gasteiger partial charge in [-0.1, -0.05) is 30.3 Å². The standard InChI is InChI=1S/C23H25N3O4/c1-22(2)19(29-22)18-15-10-7-11-16-17(15)23(24,21(28)25(16)3)12-13-26(18)30-20(27)14-8-5-4-6-9-14/h4-11,18-19H,12-13,24H2,1-3H3/t18-,19+,23?/m0/s1. The minimum absolute atomic E-state index is 0.143. The first-order valence-electron chi connectivity index (χ1n) is 10.2. The molecule has 2 aromatic rings. The van der Waals surface area contributed by atoms with Gasteiger partial charge in [-0.25, -0.2) is 4.79 Å². The van der Waals surface area contributed by atoms with E-state index in [0.717, 1.165) is 16.8 Å². The zero-order chi connectivity index (χ0) is 21.3. The molecule has 0 aromatic heterocycles. The maximum absolute atomic E-state index is 13.1. The fourth-order valence-electron chi connectivity index (χ4n) is 4.79. The summed E-state index contributed by atoms with van der Waals surface area (Å²) < 4.78 is 5.98. The van der Waals surface area contributed by atoms with Crippen LogP contribution >= 0.6 is 0 Å². The van der Waals surface area contributed by atoms with E-state index >= 15 is 0 Å². The van der Waals surface area contributed by atoms with Crippen LogP contribution in [0.1, 0.15) is 47.8 Å². The highest BCUT2D eigenvalue weighted by atomic mass is 16.7. The van der Waals surface area contributed by atoms with Crippen LogP contribution in [0.3, 0.4) is 0 Å². The van der Waals surface area contributed by atoms with Gasteiger partial charge in [0.1, 0.15) is 17.7 Å². The molecule has 7 heteroatoms. The number of carbonyl (C=O) groups is 2. The molecule has 0 bridgehead atoms. The molecule has 0 spiro atoms. The number of anilines is 1. The average molecular weight is 407 g/mol. The van der Waals surface area contributed by atoms with Gasteiger partial charge in [-0.05, 0) is 44.0 Å². The molecule has 0 radical (unpaired) electrons. The van der Waals surface area contributed by atoms with Crippen LogP contribution in [0.15, 0.2) is 48.5 Å². The molecule has 2 N–H and O–H groups in total. The predicted molar refractivity (Wildman–Crippen MR) is 111 cm³/mol. The van der Waals surface area contributed by atoms with Gasteiger partial charge in [-0.2, -0.15) is 0 Å². The third-order valence-electron chi connectivity index (χ3n) is 6.48. The fourth-order valence-corrected chi connectivity index (χ4v) is 4.79. The molecule has 0 saturated carbocycles. The van der Waals surface area contributed by atoms with Crippen molar-refractivity contribution < 1.29 is 19.2 Å². The summed E-state index contributed by atoms with van der Waals surface area (Å²) in [5.41, 5.74) is 8.16. The van der Waals surface area contributed by atoms with Crippen molar-refractivity contribution in [2.45, 2.75) is 43.6 Å². The van der Waals surface area contributed by atoms with Crippen LogP contribution in [0.25, 0.3) is 0 Å². The van der Waals surface area contributed by atoms with Gasteiger partial charge >= 0.3 is 5.97 Å². The number of carbonyl (C=O) groups excluding carboxylic acids is 2. The molecule has 30 heavy (non-hydrogen) atoms. The zero-order valence-electron chi connectivity index (χ0n) is 17.3. The number of hydrogen-bond donors (Lipinski definition) is 1. The number of nitrogens with two attached hydrogens (primary N) is 1. The highest BCUT2D eigenvalue weighted by Crippen LogP contribution is 2.53. The number of benzene rings is 2. The van der Waals surface area contributed by atoms with Crippen molar-refractivity contribution in [2.24, 2.45) is 5.73 Å². The van der Waals surface area contributed by atoms with Gasteiger partial charge in [0, 0.05) is 24.8 Å². The maximum atomic E-state index is 13.1. The Bertz CT molecular complexity index is 1040. The predicted octanol–water partition coefficient (Wildman–Crippen LogP) is 2.51. The number of nitrogens with zero attached hydrogens (tertiary/aromatic N) is 2. The highest BCUT2D eigenvalue weighted by Gasteiger charge is 2.60. The molecule has 3 aliphatic heterocycles. The molecule has 3 atom stereocenters. The van der Waals surface area contributed by atoms with Crippen molar-refractivity contribution in [1.29, 1.82) is 0 Å². The molecular formula is C23H25N3O4. The lowest BCUT2D eigenvalue weighted by Gasteiger charge is -2.29. The number of epoxide rings is 1. The molecule has 1 fully saturated rings. The first-order valence-corrected chi connectivity index (χ1v) is 10.2. The molecule has 5 rings (SSSR count). The molecule has 2 aromatic carbocycles. The second kappa shape index (κ2) is 6.38. The van der Waals surface area contributed by atoms with Crippen molar-refractivity contribution in [3.63, 3.8) is 0 Å². The Labute approximate surface area is 175 Å². The van der Waals surface area contributed by atoms with E-state index in [1.165, 1.54) is 0 Å². The van der Waals surface area contributed by atoms with Crippen molar-refractivity contribution in [3.8, 4) is 0 Å². The zero-order valence-corrected chi connectivity index (χ0v) is 17.3. The van der Waals surface area contributed by atoms with E-state index in [4.69, 9.17) is 15.3 Å². The summed E-state index contributed by atoms with van der Waals surface area (Å²) >= 11 is 0. The molecule has 1 unspecified atom stereocenters. The number of hydrogen-bond acceptors (Lipinski definition) is 6. The summed E-state index contributed by atoms with van der Waals surface area (Å²) in [6.07, 6.45) is 0.155. The van der Waals surface area contributed by atoms with E-state index in [0.29, 0.717) is 18.5 Å². The van der Waals surface area contributed by atoms with Gasteiger partial charge in [-0.3, -0.25) is 4.79 Å². The Morgan fingerprint density at radius 3 is 2.53 bits per heavy atom. The molecule has 1 saturated heterocycles. The van der Waals surface area contributed by atoms with Crippen LogP contribution in [-0.2, 0) is 19.9 Å². The van der Waals surface area contributed by atoms with E-state index in [-0.39, 0.29) is 23.7 Å². The van der Waals surface area contributed by atoms with Crippen LogP contribution in [-0.4, -0.2) is 42.2 Å². The maximum Gasteiger partial charge on any atom is 0.357 e. The van der Waals surface area contributed by atoms with E-state index in [1.54, 1.807) is 41.3 Å². The second-order valence-electron chi connectivity index (χ2n) is 8.80. The van der Waals surface area contributed by atoms with Crippen molar-refractivity contribution in [3.05, 3.63) is 65.2 Å². The third kappa shape index (κ3) is 2.70. The van der Waals surface area contributed by atoms with Gasteiger partial charge in [0.05, 0.1) is 11.2 Å². The minimum atomic E-state index is -1.15. The highest BCUT2D eigenvalue weighted by molar-refractivity contribution is 6.08. The van der Waals surface area contributed by atoms with Gasteiger partial charge in [0.25, 0.3) is 5.91 Å². The molecule has 3 aliphatic rings. The van der Waals surface area contributed by atoms with Gasteiger partial charge in [0.2, 0.25) is 0 Å². The molecule has 7 nitrogen and oxygen atoms in total. The Morgan fingerprint density at radius 1 is 1.17 bits per heavy atom. The molecule has 1 amide bonds. The molecule has 3 heterocycles. The smallest absolute Gasteiger partial charge is 0.357 e. The average Bonchev–Trinajstić information content (AvgIpc) is 3.34. The van der Waals surface area contributed by atoms with E-state index in [1.807, 2.05) is 38.1 Å². The topological polar surface area (TPSA) is 88.4 Å². The van der Waals surface area contributed by atoms with Gasteiger partial charge in [0.15, 0.2) is 0 Å². The molecule has 0 aliphatic carbocycles. The van der Waals surface area contributed by atoms with Crippen LogP contribution in [0.4, 0.5) is 5.69 Å². The van der Waals surface area contributed by atoms with Crippen molar-refractivity contribution in [2.75, 3.05) is 18.5 Å². The Balaban J connectivity index is 1.59. The third-order valence-corrected chi connectivity index (χ3v) is 6.48. The summed E-state index contributed by atoms with van der Waals surface area (Å²) in [5, 5.41) is 1.66. The van der Waals surface area contributed by atoms with Crippen LogP contribution in [0, 0.1) is 0 Å². The van der Waals surface area contributed by atoms with Gasteiger partial charge in [-0.15, -0.1) is 5.06 Å². The fraction of sp³-hybridized carbons (Fsp3) is 0.391. The summed E-state index contributed by atoms with van der Waals surface area (Å²) in [5.74, 6) is -0.585. The number of hydroxylamine groups is 2. The Hall–Kier alpha value is -2.74. The number of amides is 1. The van der Waals surface area contributed by atoms with Crippen molar-refractivity contribution >= 4 is 17.6 Å². The van der Waals surface area contributed by atoms with E-state index in [2.05, 4.69) is 0 Å². The van der Waals surface area contributed by atoms with E-state index in [9.17, 15) is 9.59 Å². The van der Waals surface area contributed by atoms with Crippen LogP contribution < -0.4 is 10.6 Å². The van der Waals surface area contributed by atoms with Gasteiger partial charge < -0.3 is 20.2 Å². The summed E-state index contributed by atoms with van der Waals surface area (Å²) in [7, 11) is 1.75. The molecule has 156 valence electrons. The number of rotatable bonds is 3. The first kappa shape index (κ1) is 19.2. The largest absolute Gasteiger partial charge is 0.364 e. The summed E-state index contributed by atoms with van der Waals surface area (Å²) in [6.45, 7) is 4.34. The Morgan fingerprint density at radius 2 is 1.87 bits per heavy atom. The van der Waals surface area contributed by atoms with Crippen LogP contribution in [0.2, 0.25) is 0 Å². The number of likely N-dealkylation sites (N-methyl/N-ethyl adjacent to an activating group) is 1. The van der Waals surface area contributed by atoms with E-state index < -0.39 is 11.5 Å².